The molecule has 4 nitrogen and oxygen atoms in total. The molecular formula is C16H16F2N2O2S. The van der Waals surface area contributed by atoms with E-state index in [-0.39, 0.29) is 12.5 Å². The Labute approximate surface area is 136 Å². The van der Waals surface area contributed by atoms with Crippen molar-refractivity contribution >= 4 is 23.3 Å². The van der Waals surface area contributed by atoms with Crippen molar-refractivity contribution in [2.24, 2.45) is 0 Å². The lowest BCUT2D eigenvalue weighted by Crippen LogP contribution is -2.20. The molecule has 0 spiro atoms. The van der Waals surface area contributed by atoms with E-state index < -0.39 is 13.0 Å². The molecule has 0 atom stereocenters. The summed E-state index contributed by atoms with van der Waals surface area (Å²) in [4.78, 5) is 16.0. The second kappa shape index (κ2) is 8.38. The van der Waals surface area contributed by atoms with E-state index in [1.54, 1.807) is 30.3 Å². The topological polar surface area (TPSA) is 51.2 Å². The number of hydrogen-bond acceptors (Lipinski definition) is 4. The molecule has 2 aromatic rings. The number of hydrogen-bond donors (Lipinski definition) is 1. The molecule has 0 saturated heterocycles. The lowest BCUT2D eigenvalue weighted by atomic mass is 10.2. The molecule has 122 valence electrons. The third kappa shape index (κ3) is 6.15. The number of benzene rings is 1. The van der Waals surface area contributed by atoms with Gasteiger partial charge in [-0.25, -0.2) is 13.8 Å². The van der Waals surface area contributed by atoms with Crippen LogP contribution in [0.3, 0.4) is 0 Å². The maximum atomic E-state index is 12.1. The van der Waals surface area contributed by atoms with E-state index in [0.29, 0.717) is 5.75 Å². The molecule has 1 amide bonds. The van der Waals surface area contributed by atoms with Crippen molar-refractivity contribution in [3.05, 3.63) is 52.0 Å². The number of halogens is 2. The molecule has 0 unspecified atom stereocenters. The van der Waals surface area contributed by atoms with Crippen LogP contribution < -0.4 is 10.1 Å². The summed E-state index contributed by atoms with van der Waals surface area (Å²) in [7, 11) is 0. The molecule has 0 bridgehead atoms. The number of alkyl halides is 2. The lowest BCUT2D eigenvalue weighted by Gasteiger charge is -2.08. The van der Waals surface area contributed by atoms with Gasteiger partial charge >= 0.3 is 0 Å². The summed E-state index contributed by atoms with van der Waals surface area (Å²) in [5.74, 6) is 0.0973. The standard InChI is InChI=1S/C16H16F2N2O2S/c1-11-20-13(10-23-11)5-6-16(21)19-8-12-3-2-4-14(7-12)22-9-15(17)18/h2-7,10,15H,8-9H2,1H3,(H,19,21)/b6-5-. The van der Waals surface area contributed by atoms with Gasteiger partial charge in [0.15, 0.2) is 0 Å². The summed E-state index contributed by atoms with van der Waals surface area (Å²) in [5, 5.41) is 5.51. The zero-order chi connectivity index (χ0) is 16.7. The van der Waals surface area contributed by atoms with Gasteiger partial charge in [0, 0.05) is 18.0 Å². The van der Waals surface area contributed by atoms with E-state index in [1.807, 2.05) is 12.3 Å². The fourth-order valence-electron chi connectivity index (χ4n) is 1.77. The number of ether oxygens (including phenoxy) is 1. The second-order valence-corrected chi connectivity index (χ2v) is 5.75. The highest BCUT2D eigenvalue weighted by molar-refractivity contribution is 7.09. The Bertz CT molecular complexity index is 686. The van der Waals surface area contributed by atoms with Gasteiger partial charge in [0.2, 0.25) is 5.91 Å². The molecule has 0 radical (unpaired) electrons. The van der Waals surface area contributed by atoms with Gasteiger partial charge in [-0.05, 0) is 30.7 Å². The molecule has 1 N–H and O–H groups in total. The number of carbonyl (C=O) groups excluding carboxylic acids is 1. The van der Waals surface area contributed by atoms with Crippen LogP contribution in [-0.2, 0) is 11.3 Å². The lowest BCUT2D eigenvalue weighted by molar-refractivity contribution is -0.116. The first-order valence-electron chi connectivity index (χ1n) is 6.91. The molecule has 0 aliphatic carbocycles. The van der Waals surface area contributed by atoms with E-state index in [1.165, 1.54) is 17.4 Å². The molecular weight excluding hydrogens is 322 g/mol. The van der Waals surface area contributed by atoms with Gasteiger partial charge < -0.3 is 10.1 Å². The largest absolute Gasteiger partial charge is 0.488 e. The van der Waals surface area contributed by atoms with Gasteiger partial charge in [0.25, 0.3) is 6.43 Å². The van der Waals surface area contributed by atoms with Gasteiger partial charge in [-0.15, -0.1) is 11.3 Å². The minimum Gasteiger partial charge on any atom is -0.488 e. The summed E-state index contributed by atoms with van der Waals surface area (Å²) < 4.78 is 29.2. The summed E-state index contributed by atoms with van der Waals surface area (Å²) in [6, 6.07) is 6.69. The van der Waals surface area contributed by atoms with Crippen LogP contribution in [0.4, 0.5) is 8.78 Å². The number of thiazole rings is 1. The van der Waals surface area contributed by atoms with Crippen molar-refractivity contribution in [2.45, 2.75) is 19.9 Å². The molecule has 1 heterocycles. The van der Waals surface area contributed by atoms with Gasteiger partial charge in [-0.1, -0.05) is 12.1 Å². The predicted octanol–water partition coefficient (Wildman–Crippen LogP) is 3.43. The first-order valence-corrected chi connectivity index (χ1v) is 7.79. The second-order valence-electron chi connectivity index (χ2n) is 4.69. The number of nitrogens with zero attached hydrogens (tertiary/aromatic N) is 1. The van der Waals surface area contributed by atoms with Crippen molar-refractivity contribution in [1.82, 2.24) is 10.3 Å². The van der Waals surface area contributed by atoms with Crippen molar-refractivity contribution < 1.29 is 18.3 Å². The van der Waals surface area contributed by atoms with Gasteiger partial charge in [0.05, 0.1) is 10.7 Å². The number of carbonyl (C=O) groups is 1. The van der Waals surface area contributed by atoms with E-state index in [9.17, 15) is 13.6 Å². The average molecular weight is 338 g/mol. The van der Waals surface area contributed by atoms with Crippen LogP contribution >= 0.6 is 11.3 Å². The first-order chi connectivity index (χ1) is 11.0. The number of aryl methyl sites for hydroxylation is 1. The average Bonchev–Trinajstić information content (AvgIpc) is 2.95. The Balaban J connectivity index is 1.84. The van der Waals surface area contributed by atoms with Gasteiger partial charge in [0.1, 0.15) is 12.4 Å². The Morgan fingerprint density at radius 1 is 1.48 bits per heavy atom. The zero-order valence-electron chi connectivity index (χ0n) is 12.5. The first kappa shape index (κ1) is 17.1. The number of rotatable bonds is 7. The van der Waals surface area contributed by atoms with Crippen molar-refractivity contribution in [3.8, 4) is 5.75 Å². The molecule has 0 aliphatic heterocycles. The van der Waals surface area contributed by atoms with E-state index in [2.05, 4.69) is 10.3 Å². The SMILES string of the molecule is Cc1nc(/C=C\C(=O)NCc2cccc(OCC(F)F)c2)cs1. The fraction of sp³-hybridized carbons (Fsp3) is 0.250. The summed E-state index contributed by atoms with van der Waals surface area (Å²) in [5.41, 5.74) is 1.51. The van der Waals surface area contributed by atoms with Gasteiger partial charge in [-0.3, -0.25) is 4.79 Å². The Hall–Kier alpha value is -2.28. The molecule has 0 aliphatic rings. The van der Waals surface area contributed by atoms with Crippen LogP contribution in [0.2, 0.25) is 0 Å². The summed E-state index contributed by atoms with van der Waals surface area (Å²) >= 11 is 1.51. The third-order valence-electron chi connectivity index (χ3n) is 2.78. The van der Waals surface area contributed by atoms with Crippen LogP contribution in [0, 0.1) is 6.92 Å². The molecule has 2 rings (SSSR count). The number of aromatic nitrogens is 1. The molecule has 1 aromatic heterocycles. The van der Waals surface area contributed by atoms with E-state index >= 15 is 0 Å². The van der Waals surface area contributed by atoms with Crippen LogP contribution in [-0.4, -0.2) is 23.9 Å². The Morgan fingerprint density at radius 3 is 3.00 bits per heavy atom. The maximum absolute atomic E-state index is 12.1. The Morgan fingerprint density at radius 2 is 2.30 bits per heavy atom. The van der Waals surface area contributed by atoms with Crippen molar-refractivity contribution in [1.29, 1.82) is 0 Å². The van der Waals surface area contributed by atoms with Crippen molar-refractivity contribution in [3.63, 3.8) is 0 Å². The number of nitrogens with one attached hydrogen (secondary N) is 1. The van der Waals surface area contributed by atoms with Crippen molar-refractivity contribution in [2.75, 3.05) is 6.61 Å². The van der Waals surface area contributed by atoms with E-state index in [0.717, 1.165) is 16.3 Å². The third-order valence-corrected chi connectivity index (χ3v) is 3.58. The van der Waals surface area contributed by atoms with Crippen LogP contribution in [0.15, 0.2) is 35.7 Å². The minimum atomic E-state index is -2.52. The van der Waals surface area contributed by atoms with E-state index in [4.69, 9.17) is 4.74 Å². The minimum absolute atomic E-state index is 0.255. The van der Waals surface area contributed by atoms with Crippen LogP contribution in [0.5, 0.6) is 5.75 Å². The highest BCUT2D eigenvalue weighted by Gasteiger charge is 2.04. The summed E-state index contributed by atoms with van der Waals surface area (Å²) in [6.45, 7) is 1.53. The molecule has 1 aromatic carbocycles. The molecule has 23 heavy (non-hydrogen) atoms. The highest BCUT2D eigenvalue weighted by Crippen LogP contribution is 2.14. The molecule has 7 heteroatoms. The highest BCUT2D eigenvalue weighted by atomic mass is 32.1. The molecule has 0 fully saturated rings. The number of amides is 1. The quantitative estimate of drug-likeness (QED) is 0.787. The predicted molar refractivity (Wildman–Crippen MR) is 85.7 cm³/mol. The fourth-order valence-corrected chi connectivity index (χ4v) is 2.35. The maximum Gasteiger partial charge on any atom is 0.272 e. The van der Waals surface area contributed by atoms with Crippen LogP contribution in [0.1, 0.15) is 16.3 Å². The van der Waals surface area contributed by atoms with Crippen LogP contribution in [0.25, 0.3) is 6.08 Å². The zero-order valence-corrected chi connectivity index (χ0v) is 13.3. The smallest absolute Gasteiger partial charge is 0.272 e. The summed E-state index contributed by atoms with van der Waals surface area (Å²) in [6.07, 6.45) is 0.532. The molecule has 0 saturated carbocycles. The Kier molecular flexibility index (Phi) is 6.22. The monoisotopic (exact) mass is 338 g/mol. The van der Waals surface area contributed by atoms with Gasteiger partial charge in [-0.2, -0.15) is 0 Å². The normalized spacial score (nSPS) is 11.1.